The summed E-state index contributed by atoms with van der Waals surface area (Å²) in [5.41, 5.74) is -0.163. The molecule has 2 amide bonds. The lowest BCUT2D eigenvalue weighted by molar-refractivity contribution is -0.129. The Kier molecular flexibility index (Phi) is 5.91. The molecular weight excluding hydrogens is 458 g/mol. The van der Waals surface area contributed by atoms with Gasteiger partial charge in [-0.2, -0.15) is 8.78 Å². The number of amides is 2. The first-order valence-corrected chi connectivity index (χ1v) is 11.7. The highest BCUT2D eigenvalue weighted by Gasteiger charge is 2.52. The third kappa shape index (κ3) is 3.97. The molecule has 1 aliphatic carbocycles. The van der Waals surface area contributed by atoms with Crippen molar-refractivity contribution in [2.45, 2.75) is 41.9 Å². The lowest BCUT2D eigenvalue weighted by Gasteiger charge is -2.44. The molecule has 1 fully saturated rings. The molecule has 0 unspecified atom stereocenters. The molecule has 1 N–H and O–H groups in total. The van der Waals surface area contributed by atoms with Crippen LogP contribution in [0.1, 0.15) is 36.0 Å². The molecule has 33 heavy (non-hydrogen) atoms. The Hall–Kier alpha value is -3.34. The van der Waals surface area contributed by atoms with E-state index < -0.39 is 44.5 Å². The lowest BCUT2D eigenvalue weighted by Crippen LogP contribution is -2.61. The first-order chi connectivity index (χ1) is 15.7. The van der Waals surface area contributed by atoms with Crippen molar-refractivity contribution in [2.24, 2.45) is 0 Å². The van der Waals surface area contributed by atoms with Gasteiger partial charge in [-0.05, 0) is 49.2 Å². The van der Waals surface area contributed by atoms with E-state index in [-0.39, 0.29) is 11.5 Å². The molecule has 1 spiro atoms. The van der Waals surface area contributed by atoms with E-state index in [9.17, 15) is 31.6 Å². The topological polar surface area (TPSA) is 110 Å². The molecule has 0 atom stereocenters. The molecule has 2 aromatic carbocycles. The van der Waals surface area contributed by atoms with Gasteiger partial charge in [-0.15, -0.1) is 0 Å². The number of carbonyl (C=O) groups is 3. The number of halogens is 2. The number of benzene rings is 2. The Balaban J connectivity index is 1.52. The Morgan fingerprint density at radius 2 is 1.70 bits per heavy atom. The summed E-state index contributed by atoms with van der Waals surface area (Å²) in [4.78, 5) is 39.2. The average Bonchev–Trinajstić information content (AvgIpc) is 3.28. The zero-order chi connectivity index (χ0) is 23.8. The third-order valence-corrected chi connectivity index (χ3v) is 7.30. The van der Waals surface area contributed by atoms with Gasteiger partial charge in [-0.25, -0.2) is 13.2 Å². The Bertz CT molecular complexity index is 1210. The molecule has 2 aromatic rings. The number of nitrogens with zero attached hydrogens (tertiary/aromatic N) is 1. The fourth-order valence-electron chi connectivity index (χ4n) is 4.29. The van der Waals surface area contributed by atoms with E-state index >= 15 is 0 Å². The van der Waals surface area contributed by atoms with Crippen LogP contribution in [-0.4, -0.2) is 44.1 Å². The highest BCUT2D eigenvalue weighted by molar-refractivity contribution is 7.91. The van der Waals surface area contributed by atoms with Crippen LogP contribution < -0.4 is 10.2 Å². The fraction of sp³-hybridized carbons (Fsp3) is 0.318. The van der Waals surface area contributed by atoms with Crippen LogP contribution in [0.15, 0.2) is 53.4 Å². The number of rotatable bonds is 5. The van der Waals surface area contributed by atoms with Crippen LogP contribution >= 0.6 is 0 Å². The van der Waals surface area contributed by atoms with Crippen LogP contribution in [0, 0.1) is 0 Å². The van der Waals surface area contributed by atoms with Crippen molar-refractivity contribution in [3.63, 3.8) is 0 Å². The van der Waals surface area contributed by atoms with E-state index in [1.807, 2.05) is 0 Å². The summed E-state index contributed by atoms with van der Waals surface area (Å²) < 4.78 is 53.4. The molecule has 8 nitrogen and oxygen atoms in total. The number of fused-ring (bicyclic) bond motifs is 1. The summed E-state index contributed by atoms with van der Waals surface area (Å²) in [6.07, 6.45) is 2.50. The minimum absolute atomic E-state index is 0.108. The second kappa shape index (κ2) is 8.54. The second-order valence-electron chi connectivity index (χ2n) is 7.85. The molecule has 0 saturated heterocycles. The zero-order valence-corrected chi connectivity index (χ0v) is 18.1. The van der Waals surface area contributed by atoms with Crippen molar-refractivity contribution in [2.75, 3.05) is 16.8 Å². The van der Waals surface area contributed by atoms with E-state index in [0.29, 0.717) is 24.2 Å². The van der Waals surface area contributed by atoms with E-state index in [1.165, 1.54) is 4.90 Å². The Morgan fingerprint density at radius 3 is 2.33 bits per heavy atom. The van der Waals surface area contributed by atoms with Gasteiger partial charge in [0.25, 0.3) is 11.8 Å². The molecule has 0 bridgehead atoms. The monoisotopic (exact) mass is 478 g/mol. The maximum absolute atomic E-state index is 13.2. The number of hydrogen-bond acceptors (Lipinski definition) is 6. The molecule has 2 aliphatic rings. The highest BCUT2D eigenvalue weighted by Crippen LogP contribution is 2.45. The normalized spacial score (nSPS) is 17.1. The number of alkyl halides is 2. The van der Waals surface area contributed by atoms with Crippen LogP contribution in [0.4, 0.5) is 20.2 Å². The van der Waals surface area contributed by atoms with Crippen molar-refractivity contribution in [3.8, 4) is 0 Å². The Labute approximate surface area is 188 Å². The molecule has 1 heterocycles. The van der Waals surface area contributed by atoms with E-state index in [4.69, 9.17) is 4.74 Å². The number of anilines is 2. The SMILES string of the molecule is O=C(OCC(=O)N1c2ccccc2NC(=O)C12CCCC2)c1ccc(S(=O)(=O)C(F)F)cc1. The molecular formula is C22H20F2N2O6S. The predicted molar refractivity (Wildman–Crippen MR) is 114 cm³/mol. The lowest BCUT2D eigenvalue weighted by atomic mass is 9.90. The molecule has 4 rings (SSSR count). The predicted octanol–water partition coefficient (Wildman–Crippen LogP) is 3.14. The summed E-state index contributed by atoms with van der Waals surface area (Å²) >= 11 is 0. The molecule has 1 aliphatic heterocycles. The van der Waals surface area contributed by atoms with Crippen LogP contribution in [0.3, 0.4) is 0 Å². The summed E-state index contributed by atoms with van der Waals surface area (Å²) in [6, 6.07) is 10.7. The van der Waals surface area contributed by atoms with Crippen LogP contribution in [-0.2, 0) is 24.2 Å². The molecule has 0 aromatic heterocycles. The van der Waals surface area contributed by atoms with Crippen molar-refractivity contribution in [3.05, 3.63) is 54.1 Å². The molecule has 1 saturated carbocycles. The van der Waals surface area contributed by atoms with Gasteiger partial charge in [0, 0.05) is 0 Å². The maximum Gasteiger partial charge on any atom is 0.341 e. The van der Waals surface area contributed by atoms with Gasteiger partial charge < -0.3 is 10.1 Å². The summed E-state index contributed by atoms with van der Waals surface area (Å²) in [6.45, 7) is -0.653. The van der Waals surface area contributed by atoms with Gasteiger partial charge >= 0.3 is 11.7 Å². The van der Waals surface area contributed by atoms with Gasteiger partial charge in [0.05, 0.1) is 21.8 Å². The van der Waals surface area contributed by atoms with Gasteiger partial charge in [-0.3, -0.25) is 14.5 Å². The van der Waals surface area contributed by atoms with Crippen LogP contribution in [0.5, 0.6) is 0 Å². The number of ether oxygens (including phenoxy) is 1. The minimum atomic E-state index is -4.79. The van der Waals surface area contributed by atoms with Gasteiger partial charge in [0.1, 0.15) is 5.54 Å². The quantitative estimate of drug-likeness (QED) is 0.662. The molecule has 11 heteroatoms. The number of hydrogen-bond donors (Lipinski definition) is 1. The maximum atomic E-state index is 13.2. The minimum Gasteiger partial charge on any atom is -0.452 e. The molecule has 0 radical (unpaired) electrons. The summed E-state index contributed by atoms with van der Waals surface area (Å²) in [7, 11) is -4.79. The van der Waals surface area contributed by atoms with Crippen molar-refractivity contribution in [1.29, 1.82) is 0 Å². The van der Waals surface area contributed by atoms with Crippen molar-refractivity contribution in [1.82, 2.24) is 0 Å². The van der Waals surface area contributed by atoms with Gasteiger partial charge in [-0.1, -0.05) is 25.0 Å². The van der Waals surface area contributed by atoms with E-state index in [1.54, 1.807) is 24.3 Å². The number of sulfone groups is 1. The number of nitrogens with one attached hydrogen (secondary N) is 1. The largest absolute Gasteiger partial charge is 0.452 e. The first kappa shape index (κ1) is 22.8. The summed E-state index contributed by atoms with van der Waals surface area (Å²) in [5.74, 6) is -5.38. The number of carbonyl (C=O) groups excluding carboxylic acids is 3. The van der Waals surface area contributed by atoms with E-state index in [0.717, 1.165) is 37.1 Å². The van der Waals surface area contributed by atoms with Crippen molar-refractivity contribution < 1.29 is 36.3 Å². The standard InChI is InChI=1S/C22H20F2N2O6S/c23-21(24)33(30,31)15-9-7-14(8-10-15)19(28)32-13-18(27)26-17-6-2-1-5-16(17)25-20(29)22(26)11-3-4-12-22/h1-2,5-10,21H,3-4,11-13H2,(H,25,29). The van der Waals surface area contributed by atoms with Gasteiger partial charge in [0.15, 0.2) is 6.61 Å². The third-order valence-electron chi connectivity index (χ3n) is 5.90. The number of para-hydroxylation sites is 2. The zero-order valence-electron chi connectivity index (χ0n) is 17.3. The first-order valence-electron chi connectivity index (χ1n) is 10.2. The van der Waals surface area contributed by atoms with Crippen LogP contribution in [0.2, 0.25) is 0 Å². The van der Waals surface area contributed by atoms with Gasteiger partial charge in [0.2, 0.25) is 9.84 Å². The van der Waals surface area contributed by atoms with Crippen LogP contribution in [0.25, 0.3) is 0 Å². The second-order valence-corrected chi connectivity index (χ2v) is 9.76. The Morgan fingerprint density at radius 1 is 1.06 bits per heavy atom. The molecule has 174 valence electrons. The fourth-order valence-corrected chi connectivity index (χ4v) is 5.01. The van der Waals surface area contributed by atoms with E-state index in [2.05, 4.69) is 5.32 Å². The van der Waals surface area contributed by atoms with Crippen molar-refractivity contribution >= 4 is 39.0 Å². The smallest absolute Gasteiger partial charge is 0.341 e. The highest BCUT2D eigenvalue weighted by atomic mass is 32.2. The number of esters is 1. The summed E-state index contributed by atoms with van der Waals surface area (Å²) in [5, 5.41) is 2.85. The average molecular weight is 478 g/mol.